The summed E-state index contributed by atoms with van der Waals surface area (Å²) in [7, 11) is 1.63. The molecule has 8 nitrogen and oxygen atoms in total. The normalized spacial score (nSPS) is 20.3. The summed E-state index contributed by atoms with van der Waals surface area (Å²) >= 11 is 0. The van der Waals surface area contributed by atoms with Gasteiger partial charge in [-0.05, 0) is 43.7 Å². The lowest BCUT2D eigenvalue weighted by atomic mass is 10.1. The summed E-state index contributed by atoms with van der Waals surface area (Å²) in [6.45, 7) is 6.40. The van der Waals surface area contributed by atoms with Crippen molar-refractivity contribution in [2.24, 2.45) is 5.92 Å². The zero-order chi connectivity index (χ0) is 23.7. The van der Waals surface area contributed by atoms with Gasteiger partial charge in [0.05, 0.1) is 36.1 Å². The molecule has 34 heavy (non-hydrogen) atoms. The predicted molar refractivity (Wildman–Crippen MR) is 132 cm³/mol. The minimum atomic E-state index is 0.179. The van der Waals surface area contributed by atoms with Gasteiger partial charge in [0.25, 0.3) is 0 Å². The van der Waals surface area contributed by atoms with Gasteiger partial charge in [-0.3, -0.25) is 9.78 Å². The molecule has 1 amide bonds. The summed E-state index contributed by atoms with van der Waals surface area (Å²) in [5.74, 6) is 3.34. The van der Waals surface area contributed by atoms with Crippen molar-refractivity contribution in [1.29, 1.82) is 0 Å². The molecule has 0 unspecified atom stereocenters. The molecule has 2 aliphatic carbocycles. The fourth-order valence-corrected chi connectivity index (χ4v) is 4.76. The number of aromatic nitrogens is 2. The van der Waals surface area contributed by atoms with E-state index >= 15 is 0 Å². The van der Waals surface area contributed by atoms with Crippen molar-refractivity contribution >= 4 is 23.5 Å². The van der Waals surface area contributed by atoms with Gasteiger partial charge in [0.15, 0.2) is 11.6 Å². The highest BCUT2D eigenvalue weighted by atomic mass is 16.5. The van der Waals surface area contributed by atoms with Crippen LogP contribution in [-0.4, -0.2) is 60.2 Å². The summed E-state index contributed by atoms with van der Waals surface area (Å²) in [5.41, 5.74) is 8.86. The maximum atomic E-state index is 12.8. The number of nitrogens with zero attached hydrogens (tertiary/aromatic N) is 4. The van der Waals surface area contributed by atoms with Gasteiger partial charge >= 0.3 is 0 Å². The van der Waals surface area contributed by atoms with E-state index in [9.17, 15) is 4.79 Å². The highest BCUT2D eigenvalue weighted by molar-refractivity contribution is 5.77. The Hall–Kier alpha value is -3.13. The minimum Gasteiger partial charge on any atom is -0.455 e. The van der Waals surface area contributed by atoms with E-state index in [4.69, 9.17) is 20.2 Å². The highest BCUT2D eigenvalue weighted by Crippen LogP contribution is 2.47. The Balaban J connectivity index is 1.38. The van der Waals surface area contributed by atoms with Crippen LogP contribution in [0.5, 0.6) is 11.5 Å². The van der Waals surface area contributed by atoms with Crippen LogP contribution in [-0.2, 0) is 9.53 Å². The third-order valence-corrected chi connectivity index (χ3v) is 6.90. The lowest BCUT2D eigenvalue weighted by Crippen LogP contribution is -2.56. The number of methoxy groups -OCH3 is 1. The summed E-state index contributed by atoms with van der Waals surface area (Å²) in [5, 5.41) is 0. The Morgan fingerprint density at radius 1 is 1.26 bits per heavy atom. The van der Waals surface area contributed by atoms with Crippen LogP contribution in [0.2, 0.25) is 0 Å². The molecule has 5 rings (SSSR count). The third-order valence-electron chi connectivity index (χ3n) is 6.90. The standard InChI is InChI=1S/C26H33N5O3/c1-3-19-14-20(8-10-28-19)34-23-15-21(27)26(29-25(23)18-6-7-18)30-11-12-31(24(32)9-13-33-2)22(16-30)17-4-5-17/h3,8,10,14-15,17-18,22H,1,4-7,9,11-13,16,27H2,2H3/t22-/m0/s1. The Morgan fingerprint density at radius 2 is 2.09 bits per heavy atom. The number of piperazine rings is 1. The number of nitrogens with two attached hydrogens (primary N) is 1. The molecule has 2 aromatic heterocycles. The molecular weight excluding hydrogens is 430 g/mol. The molecule has 2 aromatic rings. The molecule has 3 heterocycles. The summed E-state index contributed by atoms with van der Waals surface area (Å²) < 4.78 is 11.3. The molecule has 3 fully saturated rings. The molecule has 0 bridgehead atoms. The first-order chi connectivity index (χ1) is 16.6. The van der Waals surface area contributed by atoms with E-state index in [1.54, 1.807) is 19.4 Å². The van der Waals surface area contributed by atoms with Crippen molar-refractivity contribution in [3.8, 4) is 11.5 Å². The zero-order valence-corrected chi connectivity index (χ0v) is 19.8. The molecule has 1 atom stereocenters. The fourth-order valence-electron chi connectivity index (χ4n) is 4.76. The third kappa shape index (κ3) is 4.87. The number of carbonyl (C=O) groups is 1. The van der Waals surface area contributed by atoms with Crippen LogP contribution in [0.25, 0.3) is 6.08 Å². The van der Waals surface area contributed by atoms with E-state index in [1.807, 2.05) is 18.2 Å². The number of hydrogen-bond acceptors (Lipinski definition) is 7. The molecule has 0 aromatic carbocycles. The maximum Gasteiger partial charge on any atom is 0.225 e. The molecule has 1 saturated heterocycles. The quantitative estimate of drug-likeness (QED) is 0.604. The average molecular weight is 464 g/mol. The van der Waals surface area contributed by atoms with Crippen molar-refractivity contribution in [3.05, 3.63) is 42.4 Å². The van der Waals surface area contributed by atoms with Crippen LogP contribution >= 0.6 is 0 Å². The number of nitrogen functional groups attached to an aromatic ring is 1. The van der Waals surface area contributed by atoms with Crippen molar-refractivity contribution < 1.29 is 14.3 Å². The van der Waals surface area contributed by atoms with Gasteiger partial charge in [-0.2, -0.15) is 0 Å². The number of ether oxygens (including phenoxy) is 2. The Morgan fingerprint density at radius 3 is 2.79 bits per heavy atom. The number of anilines is 2. The summed E-state index contributed by atoms with van der Waals surface area (Å²) in [4.78, 5) is 26.4. The molecule has 2 N–H and O–H groups in total. The lowest BCUT2D eigenvalue weighted by molar-refractivity contribution is -0.135. The van der Waals surface area contributed by atoms with Crippen molar-refractivity contribution in [2.45, 2.75) is 44.1 Å². The number of carbonyl (C=O) groups excluding carboxylic acids is 1. The van der Waals surface area contributed by atoms with E-state index in [0.717, 1.165) is 43.1 Å². The van der Waals surface area contributed by atoms with Gasteiger partial charge in [0.2, 0.25) is 5.91 Å². The van der Waals surface area contributed by atoms with Gasteiger partial charge in [0.1, 0.15) is 5.75 Å². The molecular formula is C26H33N5O3. The second kappa shape index (κ2) is 9.62. The minimum absolute atomic E-state index is 0.179. The van der Waals surface area contributed by atoms with E-state index in [1.165, 1.54) is 12.8 Å². The topological polar surface area (TPSA) is 93.8 Å². The zero-order valence-electron chi connectivity index (χ0n) is 19.8. The number of hydrogen-bond donors (Lipinski definition) is 1. The number of amides is 1. The van der Waals surface area contributed by atoms with Crippen LogP contribution in [0.1, 0.15) is 49.4 Å². The average Bonchev–Trinajstić information content (AvgIpc) is 3.76. The van der Waals surface area contributed by atoms with Crippen LogP contribution in [0.3, 0.4) is 0 Å². The van der Waals surface area contributed by atoms with Crippen molar-refractivity contribution in [2.75, 3.05) is 44.0 Å². The highest BCUT2D eigenvalue weighted by Gasteiger charge is 2.41. The van der Waals surface area contributed by atoms with Crippen molar-refractivity contribution in [1.82, 2.24) is 14.9 Å². The van der Waals surface area contributed by atoms with E-state index in [2.05, 4.69) is 21.4 Å². The van der Waals surface area contributed by atoms with E-state index in [-0.39, 0.29) is 11.9 Å². The molecule has 2 saturated carbocycles. The van der Waals surface area contributed by atoms with Gasteiger partial charge in [-0.1, -0.05) is 6.58 Å². The van der Waals surface area contributed by atoms with Gasteiger partial charge in [-0.15, -0.1) is 0 Å². The second-order valence-corrected chi connectivity index (χ2v) is 9.46. The first-order valence-electron chi connectivity index (χ1n) is 12.2. The summed E-state index contributed by atoms with van der Waals surface area (Å²) in [6, 6.07) is 5.79. The monoisotopic (exact) mass is 463 g/mol. The number of rotatable bonds is 9. The fraction of sp³-hybridized carbons (Fsp3) is 0.500. The summed E-state index contributed by atoms with van der Waals surface area (Å²) in [6.07, 6.45) is 8.39. The Kier molecular flexibility index (Phi) is 6.41. The Bertz CT molecular complexity index is 1070. The maximum absolute atomic E-state index is 12.8. The number of pyridine rings is 2. The van der Waals surface area contributed by atoms with Crippen LogP contribution < -0.4 is 15.4 Å². The lowest BCUT2D eigenvalue weighted by Gasteiger charge is -2.42. The van der Waals surface area contributed by atoms with E-state index in [0.29, 0.717) is 48.6 Å². The molecule has 1 aliphatic heterocycles. The molecule has 180 valence electrons. The molecule has 0 radical (unpaired) electrons. The molecule has 8 heteroatoms. The predicted octanol–water partition coefficient (Wildman–Crippen LogP) is 3.84. The first-order valence-corrected chi connectivity index (χ1v) is 12.2. The van der Waals surface area contributed by atoms with E-state index < -0.39 is 0 Å². The van der Waals surface area contributed by atoms with Gasteiger partial charge in [0, 0.05) is 51.0 Å². The molecule has 0 spiro atoms. The Labute approximate surface area is 200 Å². The second-order valence-electron chi connectivity index (χ2n) is 9.46. The van der Waals surface area contributed by atoms with Crippen LogP contribution in [0.15, 0.2) is 31.0 Å². The van der Waals surface area contributed by atoms with Gasteiger partial charge in [-0.25, -0.2) is 4.98 Å². The van der Waals surface area contributed by atoms with Crippen molar-refractivity contribution in [3.63, 3.8) is 0 Å². The molecule has 3 aliphatic rings. The largest absolute Gasteiger partial charge is 0.455 e. The van der Waals surface area contributed by atoms with Gasteiger partial charge < -0.3 is 25.0 Å². The van der Waals surface area contributed by atoms with Crippen LogP contribution in [0.4, 0.5) is 11.5 Å². The van der Waals surface area contributed by atoms with Crippen LogP contribution in [0, 0.1) is 5.92 Å². The SMILES string of the molecule is C=Cc1cc(Oc2cc(N)c(N3CCN(C(=O)CCOC)[C@H](C4CC4)C3)nc2C2CC2)ccn1. The smallest absolute Gasteiger partial charge is 0.225 e. The first kappa shape index (κ1) is 22.7.